The normalized spacial score (nSPS) is 16.6. The van der Waals surface area contributed by atoms with Crippen molar-refractivity contribution in [2.45, 2.75) is 25.6 Å². The Morgan fingerprint density at radius 2 is 1.89 bits per heavy atom. The number of halogens is 2. The van der Waals surface area contributed by atoms with Crippen molar-refractivity contribution in [3.8, 4) is 0 Å². The SMILES string of the molecule is COCC(=O)N1CC(=NOCc2ccc(Cl)c(Cl)c2)C[C@H]1C(=O)NCc1cccc2ccccc12. The van der Waals surface area contributed by atoms with Crippen LogP contribution in [0.25, 0.3) is 10.8 Å². The van der Waals surface area contributed by atoms with Gasteiger partial charge in [-0.05, 0) is 34.0 Å². The Balaban J connectivity index is 1.43. The van der Waals surface area contributed by atoms with Crippen LogP contribution in [0.5, 0.6) is 0 Å². The number of hydrogen-bond acceptors (Lipinski definition) is 5. The summed E-state index contributed by atoms with van der Waals surface area (Å²) in [6.45, 7) is 0.605. The van der Waals surface area contributed by atoms with Gasteiger partial charge in [-0.25, -0.2) is 0 Å². The van der Waals surface area contributed by atoms with Crippen molar-refractivity contribution in [1.29, 1.82) is 0 Å². The van der Waals surface area contributed by atoms with E-state index in [2.05, 4.69) is 10.5 Å². The van der Waals surface area contributed by atoms with Crippen LogP contribution in [0.2, 0.25) is 10.0 Å². The number of benzene rings is 3. The summed E-state index contributed by atoms with van der Waals surface area (Å²) in [5.41, 5.74) is 2.40. The van der Waals surface area contributed by atoms with Crippen LogP contribution in [-0.2, 0) is 32.3 Å². The Kier molecular flexibility index (Phi) is 8.23. The van der Waals surface area contributed by atoms with E-state index in [-0.39, 0.29) is 38.0 Å². The first-order valence-corrected chi connectivity index (χ1v) is 11.9. The molecule has 0 saturated carbocycles. The molecule has 7 nitrogen and oxygen atoms in total. The number of carbonyl (C=O) groups is 2. The second-order valence-electron chi connectivity index (χ2n) is 8.21. The predicted octanol–water partition coefficient (Wildman–Crippen LogP) is 4.58. The third-order valence-electron chi connectivity index (χ3n) is 5.79. The lowest BCUT2D eigenvalue weighted by Crippen LogP contribution is -2.46. The van der Waals surface area contributed by atoms with Gasteiger partial charge in [0.2, 0.25) is 11.8 Å². The third kappa shape index (κ3) is 6.11. The zero-order valence-corrected chi connectivity index (χ0v) is 20.7. The molecule has 3 aromatic rings. The average Bonchev–Trinajstić information content (AvgIpc) is 3.29. The minimum absolute atomic E-state index is 0.121. The molecule has 35 heavy (non-hydrogen) atoms. The Morgan fingerprint density at radius 3 is 2.69 bits per heavy atom. The molecule has 4 rings (SSSR count). The molecule has 3 aromatic carbocycles. The van der Waals surface area contributed by atoms with Crippen LogP contribution in [0.1, 0.15) is 17.5 Å². The van der Waals surface area contributed by atoms with Crippen molar-refractivity contribution in [2.75, 3.05) is 20.3 Å². The van der Waals surface area contributed by atoms with Crippen LogP contribution in [0.15, 0.2) is 65.8 Å². The summed E-state index contributed by atoms with van der Waals surface area (Å²) in [4.78, 5) is 32.7. The van der Waals surface area contributed by atoms with Gasteiger partial charge in [0.15, 0.2) is 0 Å². The van der Waals surface area contributed by atoms with Crippen molar-refractivity contribution in [3.05, 3.63) is 81.8 Å². The first-order valence-electron chi connectivity index (χ1n) is 11.1. The minimum atomic E-state index is -0.694. The maximum Gasteiger partial charge on any atom is 0.249 e. The highest BCUT2D eigenvalue weighted by atomic mass is 35.5. The van der Waals surface area contributed by atoms with Gasteiger partial charge in [0.25, 0.3) is 0 Å². The van der Waals surface area contributed by atoms with E-state index in [0.717, 1.165) is 21.9 Å². The largest absolute Gasteiger partial charge is 0.391 e. The molecule has 0 radical (unpaired) electrons. The van der Waals surface area contributed by atoms with Crippen LogP contribution >= 0.6 is 23.2 Å². The van der Waals surface area contributed by atoms with Crippen LogP contribution in [0.3, 0.4) is 0 Å². The second-order valence-corrected chi connectivity index (χ2v) is 9.02. The number of methoxy groups -OCH3 is 1. The summed E-state index contributed by atoms with van der Waals surface area (Å²) in [6, 6.07) is 18.5. The molecule has 0 aromatic heterocycles. The van der Waals surface area contributed by atoms with E-state index in [9.17, 15) is 9.59 Å². The van der Waals surface area contributed by atoms with Gasteiger partial charge in [0.1, 0.15) is 19.3 Å². The third-order valence-corrected chi connectivity index (χ3v) is 6.53. The lowest BCUT2D eigenvalue weighted by atomic mass is 10.0. The van der Waals surface area contributed by atoms with E-state index >= 15 is 0 Å². The number of nitrogens with one attached hydrogen (secondary N) is 1. The minimum Gasteiger partial charge on any atom is -0.391 e. The summed E-state index contributed by atoms with van der Waals surface area (Å²) in [5.74, 6) is -0.537. The van der Waals surface area contributed by atoms with Crippen LogP contribution < -0.4 is 5.32 Å². The van der Waals surface area contributed by atoms with Gasteiger partial charge in [0.05, 0.1) is 22.3 Å². The van der Waals surface area contributed by atoms with Crippen LogP contribution in [0.4, 0.5) is 0 Å². The van der Waals surface area contributed by atoms with E-state index in [1.165, 1.54) is 12.0 Å². The van der Waals surface area contributed by atoms with E-state index in [0.29, 0.717) is 22.3 Å². The monoisotopic (exact) mass is 513 g/mol. The van der Waals surface area contributed by atoms with Gasteiger partial charge in [-0.2, -0.15) is 0 Å². The molecule has 1 saturated heterocycles. The predicted molar refractivity (Wildman–Crippen MR) is 136 cm³/mol. The fraction of sp³-hybridized carbons (Fsp3) is 0.269. The average molecular weight is 514 g/mol. The molecule has 182 valence electrons. The summed E-state index contributed by atoms with van der Waals surface area (Å²) < 4.78 is 5.00. The molecule has 0 bridgehead atoms. The van der Waals surface area contributed by atoms with Crippen molar-refractivity contribution in [3.63, 3.8) is 0 Å². The molecular weight excluding hydrogens is 489 g/mol. The van der Waals surface area contributed by atoms with E-state index < -0.39 is 6.04 Å². The number of hydrogen-bond donors (Lipinski definition) is 1. The number of fused-ring (bicyclic) bond motifs is 1. The molecule has 9 heteroatoms. The zero-order valence-electron chi connectivity index (χ0n) is 19.2. The van der Waals surface area contributed by atoms with Crippen LogP contribution in [0, 0.1) is 0 Å². The van der Waals surface area contributed by atoms with E-state index in [4.69, 9.17) is 32.8 Å². The number of ether oxygens (including phenoxy) is 1. The molecule has 1 N–H and O–H groups in total. The molecule has 1 aliphatic heterocycles. The van der Waals surface area contributed by atoms with Crippen molar-refractivity contribution < 1.29 is 19.2 Å². The van der Waals surface area contributed by atoms with Gasteiger partial charge < -0.3 is 19.8 Å². The van der Waals surface area contributed by atoms with E-state index in [1.807, 2.05) is 42.5 Å². The van der Waals surface area contributed by atoms with Crippen molar-refractivity contribution in [2.24, 2.45) is 5.16 Å². The lowest BCUT2D eigenvalue weighted by Gasteiger charge is -2.23. The Morgan fingerprint density at radius 1 is 1.09 bits per heavy atom. The Bertz CT molecular complexity index is 1260. The quantitative estimate of drug-likeness (QED) is 0.447. The summed E-state index contributed by atoms with van der Waals surface area (Å²) >= 11 is 12.0. The number of oxime groups is 1. The van der Waals surface area contributed by atoms with Crippen molar-refractivity contribution in [1.82, 2.24) is 10.2 Å². The molecule has 0 aliphatic carbocycles. The molecular formula is C26H25Cl2N3O4. The second kappa shape index (κ2) is 11.5. The number of amides is 2. The van der Waals surface area contributed by atoms with E-state index in [1.54, 1.807) is 18.2 Å². The highest BCUT2D eigenvalue weighted by Gasteiger charge is 2.37. The first-order chi connectivity index (χ1) is 17.0. The number of carbonyl (C=O) groups excluding carboxylic acids is 2. The van der Waals surface area contributed by atoms with Crippen LogP contribution in [-0.4, -0.2) is 48.7 Å². The maximum atomic E-state index is 13.1. The Labute approximate surface area is 213 Å². The topological polar surface area (TPSA) is 80.2 Å². The maximum absolute atomic E-state index is 13.1. The highest BCUT2D eigenvalue weighted by molar-refractivity contribution is 6.42. The zero-order chi connectivity index (χ0) is 24.8. The molecule has 0 unspecified atom stereocenters. The molecule has 1 aliphatic rings. The smallest absolute Gasteiger partial charge is 0.249 e. The number of nitrogens with zero attached hydrogens (tertiary/aromatic N) is 2. The van der Waals surface area contributed by atoms with Crippen molar-refractivity contribution >= 4 is 51.5 Å². The molecule has 0 spiro atoms. The Hall–Kier alpha value is -3.13. The molecule has 1 atom stereocenters. The lowest BCUT2D eigenvalue weighted by molar-refractivity contribution is -0.141. The summed E-state index contributed by atoms with van der Waals surface area (Å²) in [7, 11) is 1.44. The van der Waals surface area contributed by atoms with Gasteiger partial charge in [-0.1, -0.05) is 76.9 Å². The molecule has 2 amide bonds. The summed E-state index contributed by atoms with van der Waals surface area (Å²) in [5, 5.41) is 10.2. The number of likely N-dealkylation sites (tertiary alicyclic amines) is 1. The fourth-order valence-electron chi connectivity index (χ4n) is 4.05. The van der Waals surface area contributed by atoms with Gasteiger partial charge in [-0.15, -0.1) is 0 Å². The highest BCUT2D eigenvalue weighted by Crippen LogP contribution is 2.23. The first kappa shape index (κ1) is 25.0. The summed E-state index contributed by atoms with van der Waals surface area (Å²) in [6.07, 6.45) is 0.276. The van der Waals surface area contributed by atoms with Gasteiger partial charge in [0, 0.05) is 20.1 Å². The van der Waals surface area contributed by atoms with Gasteiger partial charge >= 0.3 is 0 Å². The molecule has 1 heterocycles. The van der Waals surface area contributed by atoms with Gasteiger partial charge in [-0.3, -0.25) is 9.59 Å². The molecule has 1 fully saturated rings. The standard InChI is InChI=1S/C26H25Cl2N3O4/c1-34-16-25(32)31-14-20(30-35-15-17-9-10-22(27)23(28)11-17)12-24(31)26(33)29-13-19-7-4-6-18-5-2-3-8-21(18)19/h2-11,24H,12-16H2,1H3,(H,29,33)/t24-/m0/s1. The number of rotatable bonds is 8. The fourth-order valence-corrected chi connectivity index (χ4v) is 4.37.